The number of halogens is 4. The lowest BCUT2D eigenvalue weighted by molar-refractivity contribution is -0.137. The Morgan fingerprint density at radius 1 is 1.40 bits per heavy atom. The Labute approximate surface area is 122 Å². The first-order valence-electron chi connectivity index (χ1n) is 5.74. The molecule has 1 atom stereocenters. The first-order chi connectivity index (χ1) is 9.16. The number of hydrogen-bond acceptors (Lipinski definition) is 2. The van der Waals surface area contributed by atoms with Crippen molar-refractivity contribution in [2.75, 3.05) is 5.32 Å². The molecule has 0 radical (unpaired) electrons. The van der Waals surface area contributed by atoms with Gasteiger partial charge in [-0.3, -0.25) is 4.79 Å². The van der Waals surface area contributed by atoms with Gasteiger partial charge in [-0.1, -0.05) is 13.8 Å². The summed E-state index contributed by atoms with van der Waals surface area (Å²) in [5.41, 5.74) is -0.875. The number of benzene rings is 1. The zero-order chi connectivity index (χ0) is 15.5. The molecule has 1 rings (SSSR count). The molecular weight excluding hydrogens is 337 g/mol. The normalized spacial score (nSPS) is 12.9. The van der Waals surface area contributed by atoms with Gasteiger partial charge in [-0.15, -0.1) is 0 Å². The maximum atomic E-state index is 12.6. The Morgan fingerprint density at radius 2 is 2.00 bits per heavy atom. The molecule has 7 heteroatoms. The molecule has 1 aromatic rings. The molecule has 0 aliphatic carbocycles. The first-order valence-corrected chi connectivity index (χ1v) is 6.53. The van der Waals surface area contributed by atoms with Crippen LogP contribution in [0.5, 0.6) is 0 Å². The summed E-state index contributed by atoms with van der Waals surface area (Å²) < 4.78 is 38.1. The molecule has 0 spiro atoms. The van der Waals surface area contributed by atoms with Crippen molar-refractivity contribution in [2.24, 2.45) is 11.8 Å². The smallest absolute Gasteiger partial charge is 0.324 e. The van der Waals surface area contributed by atoms with Gasteiger partial charge < -0.3 is 5.32 Å². The highest BCUT2D eigenvalue weighted by Crippen LogP contribution is 2.34. The van der Waals surface area contributed by atoms with Crippen LogP contribution in [-0.4, -0.2) is 5.91 Å². The molecule has 0 aromatic heterocycles. The molecule has 0 aliphatic rings. The zero-order valence-electron chi connectivity index (χ0n) is 10.8. The van der Waals surface area contributed by atoms with Gasteiger partial charge in [0.05, 0.1) is 17.3 Å². The maximum absolute atomic E-state index is 12.6. The molecule has 108 valence electrons. The fraction of sp³-hybridized carbons (Fsp3) is 0.385. The van der Waals surface area contributed by atoms with Crippen molar-refractivity contribution in [3.63, 3.8) is 0 Å². The van der Waals surface area contributed by atoms with Gasteiger partial charge in [-0.25, -0.2) is 0 Å². The second kappa shape index (κ2) is 6.27. The van der Waals surface area contributed by atoms with E-state index in [9.17, 15) is 18.0 Å². The van der Waals surface area contributed by atoms with Crippen molar-refractivity contribution >= 4 is 27.5 Å². The Morgan fingerprint density at radius 3 is 2.45 bits per heavy atom. The van der Waals surface area contributed by atoms with Crippen molar-refractivity contribution in [2.45, 2.75) is 20.0 Å². The predicted octanol–water partition coefficient (Wildman–Crippen LogP) is 4.20. The summed E-state index contributed by atoms with van der Waals surface area (Å²) in [5.74, 6) is -1.77. The Kier molecular flexibility index (Phi) is 5.17. The van der Waals surface area contributed by atoms with Gasteiger partial charge in [0.15, 0.2) is 0 Å². The van der Waals surface area contributed by atoms with E-state index in [0.29, 0.717) is 4.47 Å². The van der Waals surface area contributed by atoms with E-state index >= 15 is 0 Å². The average molecular weight is 349 g/mol. The summed E-state index contributed by atoms with van der Waals surface area (Å²) in [6.07, 6.45) is -4.49. The van der Waals surface area contributed by atoms with E-state index in [1.807, 2.05) is 6.07 Å². The van der Waals surface area contributed by atoms with Crippen LogP contribution in [0.25, 0.3) is 0 Å². The second-order valence-corrected chi connectivity index (χ2v) is 5.39. The van der Waals surface area contributed by atoms with Crippen molar-refractivity contribution in [3.05, 3.63) is 28.2 Å². The summed E-state index contributed by atoms with van der Waals surface area (Å²) in [5, 5.41) is 11.2. The predicted molar refractivity (Wildman–Crippen MR) is 71.7 cm³/mol. The quantitative estimate of drug-likeness (QED) is 0.889. The van der Waals surface area contributed by atoms with Gasteiger partial charge in [0, 0.05) is 4.47 Å². The van der Waals surface area contributed by atoms with E-state index in [0.717, 1.165) is 12.1 Å². The molecule has 1 unspecified atom stereocenters. The lowest BCUT2D eigenvalue weighted by Gasteiger charge is -2.15. The number of carbonyl (C=O) groups excluding carboxylic acids is 1. The highest BCUT2D eigenvalue weighted by Gasteiger charge is 2.31. The van der Waals surface area contributed by atoms with Crippen LogP contribution in [0.3, 0.4) is 0 Å². The molecule has 0 fully saturated rings. The van der Waals surface area contributed by atoms with Crippen LogP contribution in [0, 0.1) is 23.2 Å². The van der Waals surface area contributed by atoms with Crippen molar-refractivity contribution in [1.29, 1.82) is 5.26 Å². The third-order valence-electron chi connectivity index (χ3n) is 2.64. The third-order valence-corrected chi connectivity index (χ3v) is 3.33. The Bertz CT molecular complexity index is 550. The third kappa shape index (κ3) is 3.97. The minimum absolute atomic E-state index is 0.00859. The van der Waals surface area contributed by atoms with Crippen LogP contribution in [-0.2, 0) is 11.0 Å². The number of hydrogen-bond donors (Lipinski definition) is 1. The van der Waals surface area contributed by atoms with E-state index in [-0.39, 0.29) is 11.6 Å². The van der Waals surface area contributed by atoms with Crippen molar-refractivity contribution in [3.8, 4) is 6.07 Å². The molecule has 1 amide bonds. The van der Waals surface area contributed by atoms with Crippen molar-refractivity contribution < 1.29 is 18.0 Å². The monoisotopic (exact) mass is 348 g/mol. The van der Waals surface area contributed by atoms with Crippen LogP contribution < -0.4 is 5.32 Å². The standard InChI is InChI=1S/C13H12BrF3N2O/c1-7(2)9(6-18)12(20)19-11-5-8(13(15,16)17)3-4-10(11)14/h3-5,7,9H,1-2H3,(H,19,20). The van der Waals surface area contributed by atoms with Crippen LogP contribution in [0.1, 0.15) is 19.4 Å². The Balaban J connectivity index is 3.04. The minimum atomic E-state index is -4.49. The van der Waals surface area contributed by atoms with Crippen LogP contribution in [0.15, 0.2) is 22.7 Å². The summed E-state index contributed by atoms with van der Waals surface area (Å²) in [4.78, 5) is 11.9. The zero-order valence-corrected chi connectivity index (χ0v) is 12.3. The molecular formula is C13H12BrF3N2O. The first kappa shape index (κ1) is 16.5. The number of amides is 1. The van der Waals surface area contributed by atoms with Crippen LogP contribution >= 0.6 is 15.9 Å². The minimum Gasteiger partial charge on any atom is -0.324 e. The molecule has 3 nitrogen and oxygen atoms in total. The summed E-state index contributed by atoms with van der Waals surface area (Å²) in [7, 11) is 0. The molecule has 0 bridgehead atoms. The fourth-order valence-electron chi connectivity index (χ4n) is 1.52. The molecule has 0 aliphatic heterocycles. The van der Waals surface area contributed by atoms with Crippen LogP contribution in [0.4, 0.5) is 18.9 Å². The van der Waals surface area contributed by atoms with E-state index in [2.05, 4.69) is 21.2 Å². The van der Waals surface area contributed by atoms with E-state index < -0.39 is 23.6 Å². The number of nitrogens with zero attached hydrogens (tertiary/aromatic N) is 1. The molecule has 0 saturated carbocycles. The Hall–Kier alpha value is -1.55. The summed E-state index contributed by atoms with van der Waals surface area (Å²) in [6, 6.07) is 4.78. The van der Waals surface area contributed by atoms with Crippen LogP contribution in [0.2, 0.25) is 0 Å². The van der Waals surface area contributed by atoms with E-state index in [4.69, 9.17) is 5.26 Å². The van der Waals surface area contributed by atoms with Crippen molar-refractivity contribution in [1.82, 2.24) is 0 Å². The van der Waals surface area contributed by atoms with Gasteiger partial charge in [-0.05, 0) is 40.0 Å². The number of nitriles is 1. The number of anilines is 1. The highest BCUT2D eigenvalue weighted by atomic mass is 79.9. The molecule has 1 aromatic carbocycles. The molecule has 1 N–H and O–H groups in total. The summed E-state index contributed by atoms with van der Waals surface area (Å²) in [6.45, 7) is 3.38. The number of nitrogens with one attached hydrogen (secondary N) is 1. The fourth-order valence-corrected chi connectivity index (χ4v) is 1.86. The van der Waals surface area contributed by atoms with Gasteiger partial charge in [-0.2, -0.15) is 18.4 Å². The van der Waals surface area contributed by atoms with Gasteiger partial charge in [0.1, 0.15) is 5.92 Å². The second-order valence-electron chi connectivity index (χ2n) is 4.53. The lowest BCUT2D eigenvalue weighted by Crippen LogP contribution is -2.26. The average Bonchev–Trinajstić information content (AvgIpc) is 2.30. The van der Waals surface area contributed by atoms with E-state index in [1.54, 1.807) is 13.8 Å². The SMILES string of the molecule is CC(C)C(C#N)C(=O)Nc1cc(C(F)(F)F)ccc1Br. The molecule has 0 saturated heterocycles. The van der Waals surface area contributed by atoms with E-state index in [1.165, 1.54) is 6.07 Å². The largest absolute Gasteiger partial charge is 0.416 e. The molecule has 0 heterocycles. The van der Waals surface area contributed by atoms with Gasteiger partial charge >= 0.3 is 6.18 Å². The lowest BCUT2D eigenvalue weighted by atomic mass is 9.96. The highest BCUT2D eigenvalue weighted by molar-refractivity contribution is 9.10. The topological polar surface area (TPSA) is 52.9 Å². The number of rotatable bonds is 3. The number of alkyl halides is 3. The maximum Gasteiger partial charge on any atom is 0.416 e. The van der Waals surface area contributed by atoms with Gasteiger partial charge in [0.25, 0.3) is 0 Å². The molecule has 20 heavy (non-hydrogen) atoms. The number of carbonyl (C=O) groups is 1. The van der Waals surface area contributed by atoms with Gasteiger partial charge in [0.2, 0.25) is 5.91 Å². The summed E-state index contributed by atoms with van der Waals surface area (Å²) >= 11 is 3.07.